The molecule has 5 nitrogen and oxygen atoms in total. The molecule has 0 bridgehead atoms. The van der Waals surface area contributed by atoms with Crippen molar-refractivity contribution in [1.82, 2.24) is 20.0 Å². The second kappa shape index (κ2) is 5.98. The Morgan fingerprint density at radius 2 is 2.27 bits per heavy atom. The van der Waals surface area contributed by atoms with Crippen molar-refractivity contribution in [3.8, 4) is 10.7 Å². The summed E-state index contributed by atoms with van der Waals surface area (Å²) in [6, 6.07) is 10.1. The summed E-state index contributed by atoms with van der Waals surface area (Å²) in [6.45, 7) is 2.86. The molecule has 3 aromatic rings. The average Bonchev–Trinajstić information content (AvgIpc) is 3.29. The summed E-state index contributed by atoms with van der Waals surface area (Å²) in [5, 5.41) is 6.13. The SMILES string of the molecule is c1ccc(CN2CCC(c3nc(-c4cccs4)no3)C2)nc1. The molecule has 4 rings (SSSR count). The summed E-state index contributed by atoms with van der Waals surface area (Å²) >= 11 is 1.63. The van der Waals surface area contributed by atoms with Gasteiger partial charge in [0.15, 0.2) is 0 Å². The molecule has 112 valence electrons. The maximum atomic E-state index is 5.47. The van der Waals surface area contributed by atoms with E-state index in [1.165, 1.54) is 0 Å². The molecule has 0 spiro atoms. The van der Waals surface area contributed by atoms with Crippen LogP contribution in [0.2, 0.25) is 0 Å². The van der Waals surface area contributed by atoms with Crippen LogP contribution in [0, 0.1) is 0 Å². The van der Waals surface area contributed by atoms with Crippen LogP contribution in [0.5, 0.6) is 0 Å². The number of nitrogens with zero attached hydrogens (tertiary/aromatic N) is 4. The molecule has 6 heteroatoms. The van der Waals surface area contributed by atoms with Crippen molar-refractivity contribution in [2.45, 2.75) is 18.9 Å². The van der Waals surface area contributed by atoms with E-state index in [0.29, 0.717) is 11.7 Å². The first-order chi connectivity index (χ1) is 10.9. The average molecular weight is 312 g/mol. The van der Waals surface area contributed by atoms with Gasteiger partial charge in [0.1, 0.15) is 0 Å². The first-order valence-electron chi connectivity index (χ1n) is 7.38. The lowest BCUT2D eigenvalue weighted by Gasteiger charge is -2.14. The minimum absolute atomic E-state index is 0.324. The molecule has 0 aromatic carbocycles. The van der Waals surface area contributed by atoms with Crippen LogP contribution in [-0.4, -0.2) is 33.1 Å². The quantitative estimate of drug-likeness (QED) is 0.740. The zero-order valence-electron chi connectivity index (χ0n) is 12.1. The molecule has 1 aliphatic heterocycles. The molecule has 0 aliphatic carbocycles. The van der Waals surface area contributed by atoms with Gasteiger partial charge < -0.3 is 4.52 Å². The van der Waals surface area contributed by atoms with E-state index in [9.17, 15) is 0 Å². The minimum atomic E-state index is 0.324. The number of hydrogen-bond acceptors (Lipinski definition) is 6. The number of hydrogen-bond donors (Lipinski definition) is 0. The fraction of sp³-hybridized carbons (Fsp3) is 0.312. The van der Waals surface area contributed by atoms with Crippen molar-refractivity contribution in [1.29, 1.82) is 0 Å². The molecular formula is C16H16N4OS. The summed E-state index contributed by atoms with van der Waals surface area (Å²) < 4.78 is 5.47. The number of likely N-dealkylation sites (tertiary alicyclic amines) is 1. The highest BCUT2D eigenvalue weighted by molar-refractivity contribution is 7.13. The fourth-order valence-corrected chi connectivity index (χ4v) is 3.45. The van der Waals surface area contributed by atoms with Crippen molar-refractivity contribution in [2.75, 3.05) is 13.1 Å². The second-order valence-electron chi connectivity index (χ2n) is 5.48. The zero-order chi connectivity index (χ0) is 14.8. The van der Waals surface area contributed by atoms with E-state index in [1.807, 2.05) is 35.8 Å². The van der Waals surface area contributed by atoms with Crippen molar-refractivity contribution in [2.24, 2.45) is 0 Å². The Morgan fingerprint density at radius 3 is 3.09 bits per heavy atom. The van der Waals surface area contributed by atoms with Crippen LogP contribution < -0.4 is 0 Å². The van der Waals surface area contributed by atoms with Crippen molar-refractivity contribution in [3.05, 3.63) is 53.5 Å². The molecule has 0 amide bonds. The highest BCUT2D eigenvalue weighted by Gasteiger charge is 2.28. The number of pyridine rings is 1. The third-order valence-electron chi connectivity index (χ3n) is 3.92. The molecule has 1 fully saturated rings. The Hall–Kier alpha value is -2.05. The lowest BCUT2D eigenvalue weighted by molar-refractivity contribution is 0.306. The van der Waals surface area contributed by atoms with Gasteiger partial charge in [-0.2, -0.15) is 4.98 Å². The van der Waals surface area contributed by atoms with Gasteiger partial charge in [0.05, 0.1) is 16.5 Å². The summed E-state index contributed by atoms with van der Waals surface area (Å²) in [7, 11) is 0. The maximum Gasteiger partial charge on any atom is 0.231 e. The molecule has 1 aliphatic rings. The largest absolute Gasteiger partial charge is 0.339 e. The van der Waals surface area contributed by atoms with Gasteiger partial charge in [-0.25, -0.2) is 0 Å². The van der Waals surface area contributed by atoms with Crippen LogP contribution in [0.25, 0.3) is 10.7 Å². The minimum Gasteiger partial charge on any atom is -0.339 e. The Labute approximate surface area is 132 Å². The van der Waals surface area contributed by atoms with Gasteiger partial charge in [0.25, 0.3) is 0 Å². The van der Waals surface area contributed by atoms with Crippen molar-refractivity contribution in [3.63, 3.8) is 0 Å². The monoisotopic (exact) mass is 312 g/mol. The summed E-state index contributed by atoms with van der Waals surface area (Å²) in [4.78, 5) is 12.4. The number of thiophene rings is 1. The van der Waals surface area contributed by atoms with Crippen LogP contribution in [-0.2, 0) is 6.54 Å². The topological polar surface area (TPSA) is 55.1 Å². The lowest BCUT2D eigenvalue weighted by Crippen LogP contribution is -2.20. The summed E-state index contributed by atoms with van der Waals surface area (Å²) in [6.07, 6.45) is 2.90. The van der Waals surface area contributed by atoms with E-state index in [4.69, 9.17) is 4.52 Å². The van der Waals surface area contributed by atoms with E-state index in [1.54, 1.807) is 11.3 Å². The first kappa shape index (κ1) is 13.6. The summed E-state index contributed by atoms with van der Waals surface area (Å²) in [5.74, 6) is 1.78. The number of rotatable bonds is 4. The second-order valence-corrected chi connectivity index (χ2v) is 6.42. The molecule has 4 heterocycles. The van der Waals surface area contributed by atoms with Gasteiger partial charge in [-0.1, -0.05) is 17.3 Å². The molecule has 1 saturated heterocycles. The Balaban J connectivity index is 1.42. The smallest absolute Gasteiger partial charge is 0.231 e. The van der Waals surface area contributed by atoms with E-state index in [2.05, 4.69) is 26.1 Å². The maximum absolute atomic E-state index is 5.47. The molecule has 3 aromatic heterocycles. The molecule has 0 radical (unpaired) electrons. The predicted octanol–water partition coefficient (Wildman–Crippen LogP) is 3.18. The van der Waals surface area contributed by atoms with Gasteiger partial charge in [-0.3, -0.25) is 9.88 Å². The van der Waals surface area contributed by atoms with Gasteiger partial charge in [0.2, 0.25) is 11.7 Å². The molecule has 1 atom stereocenters. The fourth-order valence-electron chi connectivity index (χ4n) is 2.81. The van der Waals surface area contributed by atoms with Gasteiger partial charge in [-0.05, 0) is 36.5 Å². The number of aromatic nitrogens is 3. The first-order valence-corrected chi connectivity index (χ1v) is 8.26. The van der Waals surface area contributed by atoms with Gasteiger partial charge in [0, 0.05) is 19.3 Å². The Morgan fingerprint density at radius 1 is 1.27 bits per heavy atom. The van der Waals surface area contributed by atoms with E-state index in [-0.39, 0.29) is 0 Å². The molecule has 22 heavy (non-hydrogen) atoms. The van der Waals surface area contributed by atoms with Crippen LogP contribution in [0.1, 0.15) is 23.9 Å². The van der Waals surface area contributed by atoms with E-state index >= 15 is 0 Å². The molecule has 0 N–H and O–H groups in total. The third kappa shape index (κ3) is 2.80. The predicted molar refractivity (Wildman–Crippen MR) is 84.5 cm³/mol. The lowest BCUT2D eigenvalue weighted by atomic mass is 10.1. The van der Waals surface area contributed by atoms with Crippen molar-refractivity contribution >= 4 is 11.3 Å². The molecule has 0 saturated carbocycles. The van der Waals surface area contributed by atoms with Crippen molar-refractivity contribution < 1.29 is 4.52 Å². The standard InChI is InChI=1S/C16H16N4OS/c1-2-7-17-13(4-1)11-20-8-6-12(10-20)16-18-15(19-21-16)14-5-3-9-22-14/h1-5,7,9,12H,6,8,10-11H2. The molecule has 1 unspecified atom stereocenters. The highest BCUT2D eigenvalue weighted by atomic mass is 32.1. The summed E-state index contributed by atoms with van der Waals surface area (Å²) in [5.41, 5.74) is 1.10. The normalized spacial score (nSPS) is 18.8. The highest BCUT2D eigenvalue weighted by Crippen LogP contribution is 2.29. The Bertz CT molecular complexity index is 726. The van der Waals surface area contributed by atoms with Crippen LogP contribution in [0.3, 0.4) is 0 Å². The van der Waals surface area contributed by atoms with E-state index in [0.717, 1.165) is 42.5 Å². The van der Waals surface area contributed by atoms with Crippen LogP contribution >= 0.6 is 11.3 Å². The van der Waals surface area contributed by atoms with E-state index < -0.39 is 0 Å². The van der Waals surface area contributed by atoms with Gasteiger partial charge >= 0.3 is 0 Å². The third-order valence-corrected chi connectivity index (χ3v) is 4.78. The zero-order valence-corrected chi connectivity index (χ0v) is 12.9. The Kier molecular flexibility index (Phi) is 3.70. The van der Waals surface area contributed by atoms with Crippen LogP contribution in [0.15, 0.2) is 46.4 Å². The van der Waals surface area contributed by atoms with Crippen LogP contribution in [0.4, 0.5) is 0 Å². The molecular weight excluding hydrogens is 296 g/mol. The van der Waals surface area contributed by atoms with Gasteiger partial charge in [-0.15, -0.1) is 11.3 Å².